The standard InChI is InChI=1S/C22H33N5O4/c1-4-30-21(31-5-2)16-27-15-19(24-25-27)22(28)23-14-20(26-11-6-7-12-26)17-9-8-10-18(13-17)29-3/h8-10,13,15,20-21H,4-7,11-12,14,16H2,1-3H3,(H,23,28). The average Bonchev–Trinajstić information content (AvgIpc) is 3.47. The number of benzene rings is 1. The molecule has 1 amide bonds. The lowest BCUT2D eigenvalue weighted by atomic mass is 10.0. The summed E-state index contributed by atoms with van der Waals surface area (Å²) in [5.41, 5.74) is 1.40. The Morgan fingerprint density at radius 1 is 1.19 bits per heavy atom. The van der Waals surface area contributed by atoms with Crippen molar-refractivity contribution in [2.75, 3.05) is 40.0 Å². The lowest BCUT2D eigenvalue weighted by Gasteiger charge is -2.28. The Morgan fingerprint density at radius 2 is 1.94 bits per heavy atom. The van der Waals surface area contributed by atoms with Crippen molar-refractivity contribution < 1.29 is 19.0 Å². The second kappa shape index (κ2) is 11.8. The number of rotatable bonds is 12. The number of carbonyl (C=O) groups is 1. The molecular formula is C22H33N5O4. The zero-order chi connectivity index (χ0) is 22.1. The third-order valence-electron chi connectivity index (χ3n) is 5.33. The van der Waals surface area contributed by atoms with Crippen LogP contribution in [0.25, 0.3) is 0 Å². The second-order valence-electron chi connectivity index (χ2n) is 7.41. The molecule has 9 heteroatoms. The first-order chi connectivity index (χ1) is 15.1. The molecule has 1 aliphatic heterocycles. The van der Waals surface area contributed by atoms with Crippen molar-refractivity contribution in [2.45, 2.75) is 45.6 Å². The number of carbonyl (C=O) groups excluding carboxylic acids is 1. The molecule has 2 heterocycles. The third-order valence-corrected chi connectivity index (χ3v) is 5.33. The molecule has 1 aromatic heterocycles. The molecule has 1 aliphatic rings. The van der Waals surface area contributed by atoms with Crippen molar-refractivity contribution in [3.8, 4) is 5.75 Å². The van der Waals surface area contributed by atoms with Gasteiger partial charge in [-0.3, -0.25) is 9.69 Å². The summed E-state index contributed by atoms with van der Waals surface area (Å²) in [4.78, 5) is 15.1. The quantitative estimate of drug-likeness (QED) is 0.516. The highest BCUT2D eigenvalue weighted by molar-refractivity contribution is 5.91. The van der Waals surface area contributed by atoms with Gasteiger partial charge in [0.15, 0.2) is 12.0 Å². The Kier molecular flexibility index (Phi) is 8.81. The molecule has 170 valence electrons. The van der Waals surface area contributed by atoms with Crippen LogP contribution in [-0.2, 0) is 16.0 Å². The Morgan fingerprint density at radius 3 is 2.61 bits per heavy atom. The molecule has 0 bridgehead atoms. The predicted octanol–water partition coefficient (Wildman–Crippen LogP) is 2.25. The summed E-state index contributed by atoms with van der Waals surface area (Å²) in [7, 11) is 1.66. The summed E-state index contributed by atoms with van der Waals surface area (Å²) < 4.78 is 18.0. The van der Waals surface area contributed by atoms with Crippen LogP contribution in [0.5, 0.6) is 5.75 Å². The van der Waals surface area contributed by atoms with Gasteiger partial charge in [-0.05, 0) is 57.5 Å². The number of hydrogen-bond acceptors (Lipinski definition) is 7. The van der Waals surface area contributed by atoms with E-state index in [2.05, 4.69) is 26.6 Å². The summed E-state index contributed by atoms with van der Waals surface area (Å²) in [5.74, 6) is 0.567. The van der Waals surface area contributed by atoms with Crippen LogP contribution in [0.1, 0.15) is 48.8 Å². The molecule has 0 aliphatic carbocycles. The SMILES string of the molecule is CCOC(Cn1cc(C(=O)NCC(c2cccc(OC)c2)N2CCCC2)nn1)OCC. The van der Waals surface area contributed by atoms with Gasteiger partial charge in [0, 0.05) is 19.8 Å². The van der Waals surface area contributed by atoms with Gasteiger partial charge < -0.3 is 19.5 Å². The normalized spacial score (nSPS) is 15.4. The number of ether oxygens (including phenoxy) is 3. The Bertz CT molecular complexity index is 816. The van der Waals surface area contributed by atoms with E-state index in [0.717, 1.165) is 24.4 Å². The maximum absolute atomic E-state index is 12.7. The second-order valence-corrected chi connectivity index (χ2v) is 7.41. The van der Waals surface area contributed by atoms with Crippen molar-refractivity contribution in [1.29, 1.82) is 0 Å². The van der Waals surface area contributed by atoms with Crippen molar-refractivity contribution in [3.63, 3.8) is 0 Å². The Labute approximate surface area is 183 Å². The molecule has 0 radical (unpaired) electrons. The van der Waals surface area contributed by atoms with E-state index >= 15 is 0 Å². The van der Waals surface area contributed by atoms with E-state index in [0.29, 0.717) is 26.3 Å². The van der Waals surface area contributed by atoms with Gasteiger partial charge in [0.05, 0.1) is 25.9 Å². The van der Waals surface area contributed by atoms with Crippen LogP contribution in [0.2, 0.25) is 0 Å². The van der Waals surface area contributed by atoms with Crippen LogP contribution in [0.3, 0.4) is 0 Å². The molecule has 1 atom stereocenters. The molecule has 31 heavy (non-hydrogen) atoms. The topological polar surface area (TPSA) is 90.7 Å². The molecule has 1 fully saturated rings. The monoisotopic (exact) mass is 431 g/mol. The van der Waals surface area contributed by atoms with E-state index < -0.39 is 6.29 Å². The number of aromatic nitrogens is 3. The Hall–Kier alpha value is -2.49. The number of nitrogens with zero attached hydrogens (tertiary/aromatic N) is 4. The summed E-state index contributed by atoms with van der Waals surface area (Å²) in [6, 6.07) is 8.11. The van der Waals surface area contributed by atoms with Gasteiger partial charge in [-0.1, -0.05) is 17.3 Å². The van der Waals surface area contributed by atoms with Gasteiger partial charge in [0.1, 0.15) is 5.75 Å². The summed E-state index contributed by atoms with van der Waals surface area (Å²) in [5, 5.41) is 11.1. The molecule has 3 rings (SSSR count). The Balaban J connectivity index is 1.63. The van der Waals surface area contributed by atoms with Crippen LogP contribution in [0.4, 0.5) is 0 Å². The summed E-state index contributed by atoms with van der Waals surface area (Å²) in [6.07, 6.45) is 3.55. The fourth-order valence-electron chi connectivity index (χ4n) is 3.81. The first-order valence-electron chi connectivity index (χ1n) is 10.9. The molecule has 9 nitrogen and oxygen atoms in total. The van der Waals surface area contributed by atoms with Crippen molar-refractivity contribution in [3.05, 3.63) is 41.7 Å². The minimum absolute atomic E-state index is 0.0804. The number of amides is 1. The molecule has 1 aromatic carbocycles. The van der Waals surface area contributed by atoms with E-state index in [9.17, 15) is 4.79 Å². The van der Waals surface area contributed by atoms with E-state index in [1.54, 1.807) is 18.0 Å². The highest BCUT2D eigenvalue weighted by atomic mass is 16.7. The van der Waals surface area contributed by atoms with Gasteiger partial charge >= 0.3 is 0 Å². The van der Waals surface area contributed by atoms with Crippen LogP contribution < -0.4 is 10.1 Å². The van der Waals surface area contributed by atoms with Gasteiger partial charge in [-0.2, -0.15) is 0 Å². The predicted molar refractivity (Wildman–Crippen MR) is 116 cm³/mol. The molecular weight excluding hydrogens is 398 g/mol. The fourth-order valence-corrected chi connectivity index (χ4v) is 3.81. The lowest BCUT2D eigenvalue weighted by molar-refractivity contribution is -0.145. The van der Waals surface area contributed by atoms with Gasteiger partial charge in [0.25, 0.3) is 5.91 Å². The smallest absolute Gasteiger partial charge is 0.273 e. The number of methoxy groups -OCH3 is 1. The highest BCUT2D eigenvalue weighted by Crippen LogP contribution is 2.27. The first kappa shape index (κ1) is 23.2. The maximum atomic E-state index is 12.7. The zero-order valence-corrected chi connectivity index (χ0v) is 18.6. The van der Waals surface area contributed by atoms with E-state index in [4.69, 9.17) is 14.2 Å². The third kappa shape index (κ3) is 6.49. The van der Waals surface area contributed by atoms with Crippen LogP contribution in [-0.4, -0.2) is 72.0 Å². The molecule has 1 unspecified atom stereocenters. The van der Waals surface area contributed by atoms with Gasteiger partial charge in [0.2, 0.25) is 0 Å². The van der Waals surface area contributed by atoms with Crippen molar-refractivity contribution in [1.82, 2.24) is 25.2 Å². The summed E-state index contributed by atoms with van der Waals surface area (Å²) in [6.45, 7) is 7.79. The number of likely N-dealkylation sites (tertiary alicyclic amines) is 1. The molecule has 0 saturated carbocycles. The van der Waals surface area contributed by atoms with Crippen LogP contribution in [0, 0.1) is 0 Å². The van der Waals surface area contributed by atoms with Crippen molar-refractivity contribution in [2.24, 2.45) is 0 Å². The average molecular weight is 432 g/mol. The minimum Gasteiger partial charge on any atom is -0.497 e. The highest BCUT2D eigenvalue weighted by Gasteiger charge is 2.25. The van der Waals surface area contributed by atoms with Crippen LogP contribution >= 0.6 is 0 Å². The van der Waals surface area contributed by atoms with E-state index in [1.165, 1.54) is 12.8 Å². The first-order valence-corrected chi connectivity index (χ1v) is 10.9. The zero-order valence-electron chi connectivity index (χ0n) is 18.6. The van der Waals surface area contributed by atoms with Crippen LogP contribution in [0.15, 0.2) is 30.5 Å². The molecule has 1 N–H and O–H groups in total. The molecule has 1 saturated heterocycles. The van der Waals surface area contributed by atoms with Gasteiger partial charge in [-0.15, -0.1) is 5.10 Å². The van der Waals surface area contributed by atoms with Crippen molar-refractivity contribution >= 4 is 5.91 Å². The molecule has 0 spiro atoms. The molecule has 2 aromatic rings. The lowest BCUT2D eigenvalue weighted by Crippen LogP contribution is -2.37. The largest absolute Gasteiger partial charge is 0.497 e. The maximum Gasteiger partial charge on any atom is 0.273 e. The minimum atomic E-state index is -0.416. The summed E-state index contributed by atoms with van der Waals surface area (Å²) >= 11 is 0. The fraction of sp³-hybridized carbons (Fsp3) is 0.591. The van der Waals surface area contributed by atoms with E-state index in [1.807, 2.05) is 32.0 Å². The number of hydrogen-bond donors (Lipinski definition) is 1. The van der Waals surface area contributed by atoms with Gasteiger partial charge in [-0.25, -0.2) is 4.68 Å². The number of nitrogens with one attached hydrogen (secondary N) is 1. The van der Waals surface area contributed by atoms with E-state index in [-0.39, 0.29) is 17.6 Å².